The number of amides is 2. The third-order valence-corrected chi connectivity index (χ3v) is 10.8. The van der Waals surface area contributed by atoms with Gasteiger partial charge in [0.1, 0.15) is 12.1 Å². The summed E-state index contributed by atoms with van der Waals surface area (Å²) in [4.78, 5) is 46.9. The summed E-state index contributed by atoms with van der Waals surface area (Å²) in [6, 6.07) is 9.38. The zero-order valence-corrected chi connectivity index (χ0v) is 23.4. The number of nitrogens with zero attached hydrogens (tertiary/aromatic N) is 2. The Kier molecular flexibility index (Phi) is 9.43. The second-order valence-electron chi connectivity index (χ2n) is 10.2. The van der Waals surface area contributed by atoms with Gasteiger partial charge in [-0.3, -0.25) is 30.6 Å². The van der Waals surface area contributed by atoms with Gasteiger partial charge in [0.25, 0.3) is 17.5 Å². The van der Waals surface area contributed by atoms with E-state index in [2.05, 4.69) is 16.2 Å². The number of anilines is 1. The highest BCUT2D eigenvalue weighted by Gasteiger charge is 2.41. The van der Waals surface area contributed by atoms with Crippen LogP contribution < -0.4 is 16.2 Å². The summed E-state index contributed by atoms with van der Waals surface area (Å²) in [5.74, 6) is -1.47. The predicted octanol–water partition coefficient (Wildman–Crippen LogP) is 4.67. The number of carbonyl (C=O) groups is 2. The van der Waals surface area contributed by atoms with E-state index in [4.69, 9.17) is 11.6 Å². The van der Waals surface area contributed by atoms with Crippen LogP contribution in [0.15, 0.2) is 36.4 Å². The molecule has 0 aliphatic carbocycles. The van der Waals surface area contributed by atoms with Gasteiger partial charge in [0.05, 0.1) is 15.5 Å². The Morgan fingerprint density at radius 1 is 1.19 bits per heavy atom. The lowest BCUT2D eigenvalue weighted by Crippen LogP contribution is -2.52. The van der Waals surface area contributed by atoms with Crippen molar-refractivity contribution < 1.29 is 19.3 Å². The molecule has 0 aromatic heterocycles. The third kappa shape index (κ3) is 7.28. The van der Waals surface area contributed by atoms with Crippen LogP contribution in [-0.2, 0) is 4.79 Å². The highest BCUT2D eigenvalue weighted by Crippen LogP contribution is 2.42. The zero-order chi connectivity index (χ0) is 28.1. The summed E-state index contributed by atoms with van der Waals surface area (Å²) in [5, 5.41) is 23.1. The minimum atomic E-state index is -2.58. The average molecular weight is 546 g/mol. The number of nitro benzene ring substituents is 1. The lowest BCUT2D eigenvalue weighted by molar-refractivity contribution is -0.384. The van der Waals surface area contributed by atoms with Crippen molar-refractivity contribution in [3.63, 3.8) is 0 Å². The minimum absolute atomic E-state index is 0.132. The Balaban J connectivity index is 2.28. The standard InChI is InChI=1S/C25H32ClN5O5Si/c1-15(13-25(3,4)37(5,6)36)22(28-20-12-9-18(14-27)21(26)16(20)2)24(33)30-29-23(32)17-7-10-19(11-8-17)31(34)35/h7-12,15,22,28,36H,13H2,1-6H3,(H,29,32)(H,30,33)/t15-,22-/m1/s1. The number of hydrazine groups is 1. The van der Waals surface area contributed by atoms with Gasteiger partial charge in [-0.2, -0.15) is 5.26 Å². The molecule has 0 heterocycles. The summed E-state index contributed by atoms with van der Waals surface area (Å²) in [7, 11) is -2.58. The Labute approximate surface area is 222 Å². The molecule has 10 nitrogen and oxygen atoms in total. The van der Waals surface area contributed by atoms with Crippen molar-refractivity contribution in [3.8, 4) is 6.07 Å². The van der Waals surface area contributed by atoms with Crippen molar-refractivity contribution in [2.75, 3.05) is 5.32 Å². The largest absolute Gasteiger partial charge is 0.432 e. The Morgan fingerprint density at radius 3 is 2.30 bits per heavy atom. The lowest BCUT2D eigenvalue weighted by Gasteiger charge is -2.39. The predicted molar refractivity (Wildman–Crippen MR) is 145 cm³/mol. The molecule has 0 aliphatic rings. The maximum atomic E-state index is 13.3. The first-order valence-corrected chi connectivity index (χ1v) is 14.9. The monoisotopic (exact) mass is 545 g/mol. The van der Waals surface area contributed by atoms with Crippen molar-refractivity contribution in [1.29, 1.82) is 5.26 Å². The molecule has 2 aromatic rings. The van der Waals surface area contributed by atoms with Gasteiger partial charge in [-0.1, -0.05) is 32.4 Å². The van der Waals surface area contributed by atoms with E-state index in [-0.39, 0.29) is 22.2 Å². The molecule has 0 radical (unpaired) electrons. The number of nitrogens with one attached hydrogen (secondary N) is 3. The van der Waals surface area contributed by atoms with Gasteiger partial charge in [0, 0.05) is 23.4 Å². The van der Waals surface area contributed by atoms with Gasteiger partial charge in [-0.25, -0.2) is 0 Å². The Hall–Kier alpha value is -3.46. The molecular formula is C25H32ClN5O5Si. The van der Waals surface area contributed by atoms with Crippen LogP contribution in [0, 0.1) is 34.3 Å². The number of carbonyl (C=O) groups excluding carboxylic acids is 2. The normalized spacial score (nSPS) is 13.2. The van der Waals surface area contributed by atoms with Crippen molar-refractivity contribution in [1.82, 2.24) is 10.9 Å². The number of hydrogen-bond donors (Lipinski definition) is 4. The van der Waals surface area contributed by atoms with Gasteiger partial charge >= 0.3 is 0 Å². The third-order valence-electron chi connectivity index (χ3n) is 6.80. The summed E-state index contributed by atoms with van der Waals surface area (Å²) >= 11 is 6.32. The average Bonchev–Trinajstić information content (AvgIpc) is 2.82. The number of rotatable bonds is 9. The van der Waals surface area contributed by atoms with Gasteiger partial charge in [0.2, 0.25) is 0 Å². The molecule has 12 heteroatoms. The van der Waals surface area contributed by atoms with E-state index in [0.29, 0.717) is 23.2 Å². The topological polar surface area (TPSA) is 157 Å². The molecule has 37 heavy (non-hydrogen) atoms. The van der Waals surface area contributed by atoms with E-state index in [1.807, 2.05) is 39.9 Å². The molecular weight excluding hydrogens is 514 g/mol. The van der Waals surface area contributed by atoms with Crippen molar-refractivity contribution in [2.45, 2.75) is 58.3 Å². The first-order chi connectivity index (χ1) is 17.1. The quantitative estimate of drug-likeness (QED) is 0.202. The van der Waals surface area contributed by atoms with E-state index in [1.165, 1.54) is 24.3 Å². The number of non-ortho nitro benzene ring substituents is 1. The first-order valence-electron chi connectivity index (χ1n) is 11.6. The van der Waals surface area contributed by atoms with Crippen LogP contribution in [-0.4, -0.2) is 35.9 Å². The van der Waals surface area contributed by atoms with Gasteiger partial charge in [-0.15, -0.1) is 0 Å². The minimum Gasteiger partial charge on any atom is -0.432 e. The van der Waals surface area contributed by atoms with Crippen LogP contribution in [0.3, 0.4) is 0 Å². The molecule has 0 fully saturated rings. The summed E-state index contributed by atoms with van der Waals surface area (Å²) in [6.07, 6.45) is 0.507. The van der Waals surface area contributed by atoms with Crippen molar-refractivity contribution in [2.24, 2.45) is 5.92 Å². The fraction of sp³-hybridized carbons (Fsp3) is 0.400. The molecule has 0 saturated carbocycles. The number of nitriles is 1. The molecule has 0 spiro atoms. The van der Waals surface area contributed by atoms with Gasteiger partial charge < -0.3 is 10.1 Å². The van der Waals surface area contributed by atoms with Crippen molar-refractivity contribution in [3.05, 3.63) is 68.2 Å². The first kappa shape index (κ1) is 29.8. The number of halogens is 1. The number of benzene rings is 2. The number of nitro groups is 1. The maximum Gasteiger partial charge on any atom is 0.269 e. The molecule has 2 atom stereocenters. The van der Waals surface area contributed by atoms with Gasteiger partial charge in [-0.05, 0) is 67.2 Å². The Bertz CT molecular complexity index is 1220. The van der Waals surface area contributed by atoms with Gasteiger partial charge in [0.15, 0.2) is 8.32 Å². The molecule has 4 N–H and O–H groups in total. The van der Waals surface area contributed by atoms with E-state index >= 15 is 0 Å². The van der Waals surface area contributed by atoms with E-state index in [9.17, 15) is 29.8 Å². The van der Waals surface area contributed by atoms with Crippen LogP contribution in [0.1, 0.15) is 48.7 Å². The lowest BCUT2D eigenvalue weighted by atomic mass is 9.90. The summed E-state index contributed by atoms with van der Waals surface area (Å²) in [5.41, 5.74) is 6.20. The maximum absolute atomic E-state index is 13.3. The van der Waals surface area contributed by atoms with Crippen LogP contribution in [0.5, 0.6) is 0 Å². The second kappa shape index (κ2) is 11.7. The zero-order valence-electron chi connectivity index (χ0n) is 21.7. The van der Waals surface area contributed by atoms with Crippen LogP contribution >= 0.6 is 11.6 Å². The SMILES string of the molecule is Cc1c(N[C@@H](C(=O)NNC(=O)c2ccc([N+](=O)[O-])cc2)[C@H](C)CC(C)(C)[Si](C)(C)O)ccc(C#N)c1Cl. The highest BCUT2D eigenvalue weighted by atomic mass is 35.5. The van der Waals surface area contributed by atoms with Crippen LogP contribution in [0.2, 0.25) is 23.2 Å². The van der Waals surface area contributed by atoms with E-state index < -0.39 is 36.1 Å². The van der Waals surface area contributed by atoms with E-state index in [0.717, 1.165) is 0 Å². The molecule has 0 unspecified atom stereocenters. The molecule has 0 saturated heterocycles. The fourth-order valence-electron chi connectivity index (χ4n) is 3.74. The molecule has 2 rings (SSSR count). The Morgan fingerprint density at radius 2 is 1.78 bits per heavy atom. The smallest absolute Gasteiger partial charge is 0.269 e. The van der Waals surface area contributed by atoms with E-state index in [1.54, 1.807) is 19.1 Å². The molecule has 2 amide bonds. The highest BCUT2D eigenvalue weighted by molar-refractivity contribution is 6.72. The van der Waals surface area contributed by atoms with Crippen LogP contribution in [0.25, 0.3) is 0 Å². The molecule has 2 aromatic carbocycles. The second-order valence-corrected chi connectivity index (χ2v) is 15.1. The molecule has 198 valence electrons. The molecule has 0 aliphatic heterocycles. The van der Waals surface area contributed by atoms with Crippen LogP contribution in [0.4, 0.5) is 11.4 Å². The summed E-state index contributed by atoms with van der Waals surface area (Å²) in [6.45, 7) is 11.2. The summed E-state index contributed by atoms with van der Waals surface area (Å²) < 4.78 is 0. The fourth-order valence-corrected chi connectivity index (χ4v) is 4.77. The molecule has 0 bridgehead atoms. The number of hydrogen-bond acceptors (Lipinski definition) is 7. The van der Waals surface area contributed by atoms with Crippen molar-refractivity contribution >= 4 is 43.1 Å².